The van der Waals surface area contributed by atoms with E-state index in [1.54, 1.807) is 12.1 Å². The van der Waals surface area contributed by atoms with Gasteiger partial charge in [-0.3, -0.25) is 20.2 Å². The van der Waals surface area contributed by atoms with Crippen molar-refractivity contribution in [1.82, 2.24) is 10.6 Å². The van der Waals surface area contributed by atoms with Gasteiger partial charge in [-0.2, -0.15) is 0 Å². The van der Waals surface area contributed by atoms with Gasteiger partial charge >= 0.3 is 0 Å². The summed E-state index contributed by atoms with van der Waals surface area (Å²) in [4.78, 5) is 22.2. The van der Waals surface area contributed by atoms with Crippen LogP contribution in [0.15, 0.2) is 23.9 Å². The number of nitrogens with one attached hydrogen (secondary N) is 2. The maximum atomic E-state index is 11.5. The fraction of sp³-hybridized carbons (Fsp3) is 0.231. The Balaban J connectivity index is 2.42. The van der Waals surface area contributed by atoms with Crippen LogP contribution in [0.4, 0.5) is 5.69 Å². The molecule has 0 bridgehead atoms. The van der Waals surface area contributed by atoms with Crippen LogP contribution in [0.5, 0.6) is 0 Å². The predicted molar refractivity (Wildman–Crippen MR) is 79.0 cm³/mol. The Kier molecular flexibility index (Phi) is 3.80. The van der Waals surface area contributed by atoms with E-state index in [0.717, 1.165) is 0 Å². The van der Waals surface area contributed by atoms with Gasteiger partial charge in [0.1, 0.15) is 5.70 Å². The highest BCUT2D eigenvalue weighted by atomic mass is 32.1. The quantitative estimate of drug-likeness (QED) is 0.385. The van der Waals surface area contributed by atoms with Crippen LogP contribution in [0.25, 0.3) is 6.08 Å². The van der Waals surface area contributed by atoms with Crippen molar-refractivity contribution in [2.24, 2.45) is 0 Å². The minimum atomic E-state index is -0.413. The van der Waals surface area contributed by atoms with Crippen LogP contribution >= 0.6 is 12.2 Å². The molecule has 0 aromatic heterocycles. The number of thiocarbonyl (C=S) groups is 1. The van der Waals surface area contributed by atoms with Gasteiger partial charge in [0.15, 0.2) is 5.11 Å². The SMILES string of the molecule is CC(C)c1ccc(C=C2NC(=S)NC2=O)cc1[N+](=O)[O-]. The van der Waals surface area contributed by atoms with Gasteiger partial charge in [0.05, 0.1) is 4.92 Å². The fourth-order valence-corrected chi connectivity index (χ4v) is 2.15. The number of carbonyl (C=O) groups excluding carboxylic acids is 1. The number of nitro benzene ring substituents is 1. The summed E-state index contributed by atoms with van der Waals surface area (Å²) in [5.74, 6) is -0.289. The summed E-state index contributed by atoms with van der Waals surface area (Å²) in [5.41, 5.74) is 1.57. The zero-order valence-electron chi connectivity index (χ0n) is 11.0. The smallest absolute Gasteiger partial charge is 0.273 e. The van der Waals surface area contributed by atoms with E-state index < -0.39 is 4.92 Å². The Morgan fingerprint density at radius 2 is 2.05 bits per heavy atom. The van der Waals surface area contributed by atoms with E-state index in [2.05, 4.69) is 10.6 Å². The Morgan fingerprint density at radius 3 is 2.55 bits per heavy atom. The zero-order chi connectivity index (χ0) is 14.9. The van der Waals surface area contributed by atoms with Crippen molar-refractivity contribution in [3.8, 4) is 0 Å². The van der Waals surface area contributed by atoms with E-state index in [1.165, 1.54) is 12.1 Å². The standard InChI is InChI=1S/C13H13N3O3S/c1-7(2)9-4-3-8(6-11(9)16(18)19)5-10-12(17)15-13(20)14-10/h3-7H,1-2H3,(H2,14,15,17,20). The molecule has 1 aromatic carbocycles. The zero-order valence-corrected chi connectivity index (χ0v) is 11.8. The minimum absolute atomic E-state index is 0.0512. The van der Waals surface area contributed by atoms with Gasteiger partial charge in [-0.1, -0.05) is 26.0 Å². The second-order valence-electron chi connectivity index (χ2n) is 4.70. The molecule has 0 saturated carbocycles. The molecule has 1 amide bonds. The molecule has 1 heterocycles. The topological polar surface area (TPSA) is 84.3 Å². The monoisotopic (exact) mass is 291 g/mol. The van der Waals surface area contributed by atoms with Crippen molar-refractivity contribution in [3.63, 3.8) is 0 Å². The molecule has 1 aromatic rings. The number of nitrogens with zero attached hydrogens (tertiary/aromatic N) is 1. The molecule has 104 valence electrons. The highest BCUT2D eigenvalue weighted by Crippen LogP contribution is 2.28. The largest absolute Gasteiger partial charge is 0.328 e. The highest BCUT2D eigenvalue weighted by Gasteiger charge is 2.21. The molecule has 1 aliphatic rings. The van der Waals surface area contributed by atoms with E-state index in [0.29, 0.717) is 11.1 Å². The number of carbonyl (C=O) groups is 1. The average Bonchev–Trinajstić information content (AvgIpc) is 2.67. The van der Waals surface area contributed by atoms with Crippen molar-refractivity contribution in [2.45, 2.75) is 19.8 Å². The second-order valence-corrected chi connectivity index (χ2v) is 5.10. The number of hydrogen-bond acceptors (Lipinski definition) is 4. The summed E-state index contributed by atoms with van der Waals surface area (Å²) in [6.07, 6.45) is 1.53. The molecule has 2 rings (SSSR count). The molecule has 0 radical (unpaired) electrons. The first-order valence-electron chi connectivity index (χ1n) is 6.01. The van der Waals surface area contributed by atoms with Crippen molar-refractivity contribution >= 4 is 35.0 Å². The highest BCUT2D eigenvalue weighted by molar-refractivity contribution is 7.80. The number of benzene rings is 1. The van der Waals surface area contributed by atoms with E-state index in [1.807, 2.05) is 13.8 Å². The molecule has 0 atom stereocenters. The third-order valence-electron chi connectivity index (χ3n) is 2.90. The molecule has 0 unspecified atom stereocenters. The third-order valence-corrected chi connectivity index (χ3v) is 3.11. The van der Waals surface area contributed by atoms with Gasteiger partial charge in [0, 0.05) is 11.6 Å². The maximum absolute atomic E-state index is 11.5. The normalized spacial score (nSPS) is 16.4. The number of hydrogen-bond donors (Lipinski definition) is 2. The molecule has 0 spiro atoms. The summed E-state index contributed by atoms with van der Waals surface area (Å²) < 4.78 is 0. The Morgan fingerprint density at radius 1 is 1.35 bits per heavy atom. The van der Waals surface area contributed by atoms with Crippen LogP contribution < -0.4 is 10.6 Å². The van der Waals surface area contributed by atoms with Crippen molar-refractivity contribution in [1.29, 1.82) is 0 Å². The molecule has 7 heteroatoms. The lowest BCUT2D eigenvalue weighted by Gasteiger charge is -2.07. The van der Waals surface area contributed by atoms with Crippen LogP contribution in [0.1, 0.15) is 30.9 Å². The fourth-order valence-electron chi connectivity index (χ4n) is 1.95. The van der Waals surface area contributed by atoms with E-state index in [-0.39, 0.29) is 28.3 Å². The maximum Gasteiger partial charge on any atom is 0.273 e. The molecule has 1 saturated heterocycles. The number of amides is 1. The predicted octanol–water partition coefficient (Wildman–Crippen LogP) is 2.06. The molecule has 1 aliphatic heterocycles. The van der Waals surface area contributed by atoms with E-state index in [4.69, 9.17) is 12.2 Å². The van der Waals surface area contributed by atoms with Gasteiger partial charge in [-0.25, -0.2) is 0 Å². The average molecular weight is 291 g/mol. The Bertz CT molecular complexity index is 638. The van der Waals surface area contributed by atoms with Crippen molar-refractivity contribution in [3.05, 3.63) is 45.1 Å². The van der Waals surface area contributed by atoms with Gasteiger partial charge in [-0.15, -0.1) is 0 Å². The summed E-state index contributed by atoms with van der Waals surface area (Å²) in [6, 6.07) is 4.91. The van der Waals surface area contributed by atoms with E-state index in [9.17, 15) is 14.9 Å². The van der Waals surface area contributed by atoms with Crippen LogP contribution in [0.3, 0.4) is 0 Å². The molecule has 2 N–H and O–H groups in total. The first-order chi connectivity index (χ1) is 9.38. The number of nitro groups is 1. The first-order valence-corrected chi connectivity index (χ1v) is 6.41. The lowest BCUT2D eigenvalue weighted by atomic mass is 9.99. The summed E-state index contributed by atoms with van der Waals surface area (Å²) in [6.45, 7) is 3.79. The van der Waals surface area contributed by atoms with Crippen LogP contribution in [-0.4, -0.2) is 15.9 Å². The van der Waals surface area contributed by atoms with Crippen molar-refractivity contribution < 1.29 is 9.72 Å². The van der Waals surface area contributed by atoms with Crippen LogP contribution in [-0.2, 0) is 4.79 Å². The lowest BCUT2D eigenvalue weighted by Crippen LogP contribution is -2.21. The molecule has 20 heavy (non-hydrogen) atoms. The van der Waals surface area contributed by atoms with E-state index >= 15 is 0 Å². The van der Waals surface area contributed by atoms with Crippen LogP contribution in [0.2, 0.25) is 0 Å². The minimum Gasteiger partial charge on any atom is -0.328 e. The van der Waals surface area contributed by atoms with Crippen LogP contribution in [0, 0.1) is 10.1 Å². The molecular weight excluding hydrogens is 278 g/mol. The molecule has 0 aliphatic carbocycles. The lowest BCUT2D eigenvalue weighted by molar-refractivity contribution is -0.385. The van der Waals surface area contributed by atoms with Gasteiger partial charge in [0.25, 0.3) is 11.6 Å². The van der Waals surface area contributed by atoms with Gasteiger partial charge < -0.3 is 5.32 Å². The first kappa shape index (κ1) is 14.1. The third kappa shape index (κ3) is 2.83. The summed E-state index contributed by atoms with van der Waals surface area (Å²) in [7, 11) is 0. The number of rotatable bonds is 3. The molecule has 1 fully saturated rings. The van der Waals surface area contributed by atoms with Crippen molar-refractivity contribution in [2.75, 3.05) is 0 Å². The Hall–Kier alpha value is -2.28. The second kappa shape index (κ2) is 5.38. The van der Waals surface area contributed by atoms with Gasteiger partial charge in [-0.05, 0) is 29.8 Å². The molecular formula is C13H13N3O3S. The Labute approximate surface area is 121 Å². The van der Waals surface area contributed by atoms with Gasteiger partial charge in [0.2, 0.25) is 0 Å². The molecule has 6 nitrogen and oxygen atoms in total. The summed E-state index contributed by atoms with van der Waals surface area (Å²) in [5, 5.41) is 16.5. The summed E-state index contributed by atoms with van der Waals surface area (Å²) >= 11 is 4.82.